The van der Waals surface area contributed by atoms with Crippen molar-refractivity contribution in [3.63, 3.8) is 0 Å². The third-order valence-electron chi connectivity index (χ3n) is 5.59. The van der Waals surface area contributed by atoms with Crippen molar-refractivity contribution < 1.29 is 33.8 Å². The summed E-state index contributed by atoms with van der Waals surface area (Å²) < 4.78 is 5.77. The lowest BCUT2D eigenvalue weighted by Gasteiger charge is -2.37. The van der Waals surface area contributed by atoms with Gasteiger partial charge in [0, 0.05) is 18.5 Å². The summed E-state index contributed by atoms with van der Waals surface area (Å²) in [7, 11) is 0. The molecule has 1 aromatic heterocycles. The number of aliphatic carboxylic acids is 1. The number of amides is 3. The van der Waals surface area contributed by atoms with Gasteiger partial charge in [0.2, 0.25) is 5.91 Å². The van der Waals surface area contributed by atoms with Gasteiger partial charge in [0.1, 0.15) is 42.1 Å². The summed E-state index contributed by atoms with van der Waals surface area (Å²) in [6, 6.07) is 12.4. The van der Waals surface area contributed by atoms with Crippen LogP contribution in [0.25, 0.3) is 10.8 Å². The van der Waals surface area contributed by atoms with Gasteiger partial charge in [-0.2, -0.15) is 0 Å². The second-order valence-corrected chi connectivity index (χ2v) is 8.00. The summed E-state index contributed by atoms with van der Waals surface area (Å²) in [6.45, 7) is 0.826. The van der Waals surface area contributed by atoms with Gasteiger partial charge in [-0.3, -0.25) is 24.2 Å². The third-order valence-corrected chi connectivity index (χ3v) is 5.59. The Hall–Kier alpha value is -4.80. The van der Waals surface area contributed by atoms with E-state index in [0.717, 1.165) is 22.3 Å². The lowest BCUT2D eigenvalue weighted by Crippen LogP contribution is -2.60. The highest BCUT2D eigenvalue weighted by molar-refractivity contribution is 6.08. The van der Waals surface area contributed by atoms with E-state index in [2.05, 4.69) is 10.3 Å². The van der Waals surface area contributed by atoms with Crippen LogP contribution >= 0.6 is 0 Å². The van der Waals surface area contributed by atoms with Crippen molar-refractivity contribution in [2.75, 3.05) is 11.6 Å². The van der Waals surface area contributed by atoms with E-state index in [9.17, 15) is 29.1 Å². The Morgan fingerprint density at radius 2 is 1.92 bits per heavy atom. The van der Waals surface area contributed by atoms with E-state index in [-0.39, 0.29) is 30.0 Å². The highest BCUT2D eigenvalue weighted by Gasteiger charge is 2.40. The molecule has 0 unspecified atom stereocenters. The number of carbonyl (C=O) groups is 5. The number of carboxylic acids is 1. The average Bonchev–Trinajstić information content (AvgIpc) is 3.00. The fourth-order valence-electron chi connectivity index (χ4n) is 4.01. The second kappa shape index (κ2) is 10.2. The van der Waals surface area contributed by atoms with Crippen LogP contribution in [0.4, 0.5) is 5.69 Å². The van der Waals surface area contributed by atoms with Gasteiger partial charge in [-0.15, -0.1) is 0 Å². The van der Waals surface area contributed by atoms with Crippen molar-refractivity contribution in [3.05, 3.63) is 66.5 Å². The molecular weight excluding hydrogens is 468 g/mol. The minimum atomic E-state index is -1.48. The first-order valence-corrected chi connectivity index (χ1v) is 11.0. The number of fused-ring (bicyclic) bond motifs is 2. The molecule has 0 fully saturated rings. The monoisotopic (exact) mass is 490 g/mol. The van der Waals surface area contributed by atoms with E-state index in [1.165, 1.54) is 12.3 Å². The number of pyridine rings is 1. The molecule has 2 N–H and O–H groups in total. The molecule has 0 aliphatic carbocycles. The first-order chi connectivity index (χ1) is 17.3. The number of hydrogen-bond donors (Lipinski definition) is 2. The van der Waals surface area contributed by atoms with E-state index in [1.807, 2.05) is 12.1 Å². The molecular formula is C25H22N4O7. The summed E-state index contributed by atoms with van der Waals surface area (Å²) in [4.78, 5) is 66.9. The molecule has 184 valence electrons. The number of hydrogen-bond acceptors (Lipinski definition) is 7. The Balaban J connectivity index is 1.73. The lowest BCUT2D eigenvalue weighted by atomic mass is 10.1. The number of ether oxygens (including phenoxy) is 1. The molecule has 11 heteroatoms. The quantitative estimate of drug-likeness (QED) is 0.475. The highest BCUT2D eigenvalue weighted by Crippen LogP contribution is 2.33. The van der Waals surface area contributed by atoms with E-state index >= 15 is 0 Å². The van der Waals surface area contributed by atoms with Crippen molar-refractivity contribution in [3.8, 4) is 5.75 Å². The molecule has 0 spiro atoms. The van der Waals surface area contributed by atoms with Gasteiger partial charge < -0.3 is 20.0 Å². The van der Waals surface area contributed by atoms with Crippen molar-refractivity contribution in [2.24, 2.45) is 0 Å². The van der Waals surface area contributed by atoms with Gasteiger partial charge in [0.25, 0.3) is 11.8 Å². The Labute approximate surface area is 205 Å². The summed E-state index contributed by atoms with van der Waals surface area (Å²) in [5.41, 5.74) is 0.212. The van der Waals surface area contributed by atoms with Gasteiger partial charge in [0.05, 0.1) is 6.42 Å². The number of rotatable bonds is 7. The van der Waals surface area contributed by atoms with Crippen molar-refractivity contribution in [2.45, 2.75) is 25.4 Å². The highest BCUT2D eigenvalue weighted by atomic mass is 16.5. The summed E-state index contributed by atoms with van der Waals surface area (Å²) in [5.74, 6) is -3.32. The molecule has 1 aliphatic heterocycles. The molecule has 0 radical (unpaired) electrons. The fourth-order valence-corrected chi connectivity index (χ4v) is 4.01. The van der Waals surface area contributed by atoms with Crippen molar-refractivity contribution in [1.82, 2.24) is 15.3 Å². The third kappa shape index (κ3) is 4.71. The number of para-hydroxylation sites is 2. The Kier molecular flexibility index (Phi) is 6.91. The van der Waals surface area contributed by atoms with Crippen LogP contribution in [-0.2, 0) is 19.2 Å². The standard InChI is InChI=1S/C25H22N4O7/c1-15(31)28(17(13-30)12-22(32)33)29-20-8-4-5-9-21(20)36-14-19(25(29)35)27-24(34)23-18-7-3-2-6-16(18)10-11-26-23/h2-11,13,17,19H,12,14H2,1H3,(H,27,34)(H,32,33)/t17-,19-/m0/s1. The van der Waals surface area contributed by atoms with Crippen LogP contribution in [0, 0.1) is 0 Å². The average molecular weight is 490 g/mol. The van der Waals surface area contributed by atoms with Crippen LogP contribution < -0.4 is 15.1 Å². The van der Waals surface area contributed by atoms with Gasteiger partial charge in [-0.1, -0.05) is 36.4 Å². The Morgan fingerprint density at radius 3 is 2.64 bits per heavy atom. The lowest BCUT2D eigenvalue weighted by molar-refractivity contribution is -0.145. The number of carboxylic acid groups (broad SMARTS) is 1. The van der Waals surface area contributed by atoms with Gasteiger partial charge in [0.15, 0.2) is 0 Å². The number of hydrazine groups is 1. The normalized spacial score (nSPS) is 15.8. The number of nitrogens with one attached hydrogen (secondary N) is 1. The molecule has 0 saturated carbocycles. The molecule has 3 amide bonds. The molecule has 1 aliphatic rings. The number of aromatic nitrogens is 1. The van der Waals surface area contributed by atoms with Crippen LogP contribution in [0.3, 0.4) is 0 Å². The maximum Gasteiger partial charge on any atom is 0.305 e. The molecule has 0 bridgehead atoms. The summed E-state index contributed by atoms with van der Waals surface area (Å²) >= 11 is 0. The van der Waals surface area contributed by atoms with Gasteiger partial charge in [-0.05, 0) is 23.6 Å². The number of aldehydes is 1. The first kappa shape index (κ1) is 24.3. The molecule has 11 nitrogen and oxygen atoms in total. The van der Waals surface area contributed by atoms with E-state index in [0.29, 0.717) is 5.39 Å². The first-order valence-electron chi connectivity index (χ1n) is 11.0. The smallest absolute Gasteiger partial charge is 0.305 e. The fraction of sp³-hybridized carbons (Fsp3) is 0.200. The van der Waals surface area contributed by atoms with E-state index in [4.69, 9.17) is 4.74 Å². The number of benzene rings is 2. The zero-order chi connectivity index (χ0) is 25.8. The predicted octanol–water partition coefficient (Wildman–Crippen LogP) is 1.56. The number of anilines is 1. The van der Waals surface area contributed by atoms with Gasteiger partial charge in [-0.25, -0.2) is 10.0 Å². The SMILES string of the molecule is CC(=O)N([C@H](C=O)CC(=O)O)N1C(=O)[C@@H](NC(=O)c2nccc3ccccc23)COc2ccccc21. The number of nitrogens with zero attached hydrogens (tertiary/aromatic N) is 3. The minimum absolute atomic E-state index is 0.0919. The van der Waals surface area contributed by atoms with Crippen LogP contribution in [0.2, 0.25) is 0 Å². The molecule has 2 aromatic carbocycles. The topological polar surface area (TPSA) is 146 Å². The van der Waals surface area contributed by atoms with Crippen molar-refractivity contribution in [1.29, 1.82) is 0 Å². The van der Waals surface area contributed by atoms with E-state index in [1.54, 1.807) is 36.4 Å². The molecule has 4 rings (SSSR count). The Bertz CT molecular complexity index is 1350. The van der Waals surface area contributed by atoms with Crippen LogP contribution in [-0.4, -0.2) is 63.8 Å². The molecule has 2 atom stereocenters. The van der Waals surface area contributed by atoms with E-state index < -0.39 is 42.2 Å². The maximum absolute atomic E-state index is 13.7. The van der Waals surface area contributed by atoms with Crippen LogP contribution in [0.5, 0.6) is 5.75 Å². The van der Waals surface area contributed by atoms with Crippen LogP contribution in [0.15, 0.2) is 60.8 Å². The molecule has 36 heavy (non-hydrogen) atoms. The minimum Gasteiger partial charge on any atom is -0.489 e. The summed E-state index contributed by atoms with van der Waals surface area (Å²) in [5, 5.41) is 14.9. The maximum atomic E-state index is 13.7. The zero-order valence-corrected chi connectivity index (χ0v) is 19.2. The molecule has 0 saturated heterocycles. The predicted molar refractivity (Wildman–Crippen MR) is 127 cm³/mol. The second-order valence-electron chi connectivity index (χ2n) is 8.00. The summed E-state index contributed by atoms with van der Waals surface area (Å²) in [6.07, 6.45) is 1.03. The molecule has 3 aromatic rings. The van der Waals surface area contributed by atoms with Crippen molar-refractivity contribution >= 4 is 46.4 Å². The molecule has 2 heterocycles. The zero-order valence-electron chi connectivity index (χ0n) is 19.2. The Morgan fingerprint density at radius 1 is 1.19 bits per heavy atom. The largest absolute Gasteiger partial charge is 0.489 e. The van der Waals surface area contributed by atoms with Crippen LogP contribution in [0.1, 0.15) is 23.8 Å². The van der Waals surface area contributed by atoms with Gasteiger partial charge >= 0.3 is 5.97 Å². The number of carbonyl (C=O) groups excluding carboxylic acids is 4.